The summed E-state index contributed by atoms with van der Waals surface area (Å²) in [5.41, 5.74) is 7.10. The summed E-state index contributed by atoms with van der Waals surface area (Å²) in [6.45, 7) is 11.1. The smallest absolute Gasteiger partial charge is 0.276 e. The van der Waals surface area contributed by atoms with Gasteiger partial charge in [-0.25, -0.2) is 4.90 Å². The van der Waals surface area contributed by atoms with Gasteiger partial charge in [-0.05, 0) is 66.2 Å². The van der Waals surface area contributed by atoms with E-state index in [1.807, 2.05) is 44.2 Å². The number of carbonyl (C=O) groups is 2. The van der Waals surface area contributed by atoms with Crippen molar-refractivity contribution in [1.29, 1.82) is 5.26 Å². The minimum Gasteiger partial charge on any atom is -0.344 e. The Morgan fingerprint density at radius 3 is 2.50 bits per heavy atom. The fourth-order valence-corrected chi connectivity index (χ4v) is 5.84. The summed E-state index contributed by atoms with van der Waals surface area (Å²) < 4.78 is 0. The molecule has 182 valence electrons. The Balaban J connectivity index is 1.65. The maximum atomic E-state index is 13.8. The van der Waals surface area contributed by atoms with Crippen molar-refractivity contribution in [1.82, 2.24) is 0 Å². The Hall–Kier alpha value is -3.91. The highest BCUT2D eigenvalue weighted by molar-refractivity contribution is 6.31. The van der Waals surface area contributed by atoms with Gasteiger partial charge in [0.2, 0.25) is 0 Å². The lowest BCUT2D eigenvalue weighted by molar-refractivity contribution is -0.123. The van der Waals surface area contributed by atoms with Gasteiger partial charge in [-0.2, -0.15) is 5.26 Å². The number of amides is 2. The minimum atomic E-state index is -0.563. The number of anilines is 2. The average molecular weight is 478 g/mol. The zero-order valence-corrected chi connectivity index (χ0v) is 21.6. The van der Waals surface area contributed by atoms with E-state index in [1.165, 1.54) is 21.7 Å². The van der Waals surface area contributed by atoms with Crippen LogP contribution >= 0.6 is 0 Å². The first-order chi connectivity index (χ1) is 17.2. The number of nitrogens with zero attached hydrogens (tertiary/aromatic N) is 3. The molecule has 2 aromatic carbocycles. The van der Waals surface area contributed by atoms with Crippen LogP contribution < -0.4 is 9.80 Å². The summed E-state index contributed by atoms with van der Waals surface area (Å²) >= 11 is 0. The number of aryl methyl sites for hydroxylation is 1. The molecule has 0 saturated heterocycles. The zero-order valence-electron chi connectivity index (χ0n) is 21.6. The standard InChI is InChI=1S/C31H31N3O2/c1-19(2)22-12-6-7-14-26(22)34-29(35)23(20(3)24(18-32)30(34)36)15-16-27-31(4,5)25-13-8-10-21-11-9-17-33(27)28(21)25/h6-8,10,12-16,19H,9,11,17H2,1-5H3/b23-15-,27-16+. The molecule has 3 heterocycles. The van der Waals surface area contributed by atoms with Crippen LogP contribution in [0.1, 0.15) is 63.6 Å². The third-order valence-electron chi connectivity index (χ3n) is 7.77. The molecule has 5 nitrogen and oxygen atoms in total. The number of imide groups is 1. The highest BCUT2D eigenvalue weighted by Gasteiger charge is 2.42. The molecule has 2 amide bonds. The molecule has 5 rings (SSSR count). The van der Waals surface area contributed by atoms with E-state index >= 15 is 0 Å². The van der Waals surface area contributed by atoms with Crippen molar-refractivity contribution >= 4 is 23.2 Å². The van der Waals surface area contributed by atoms with Gasteiger partial charge in [-0.3, -0.25) is 9.59 Å². The van der Waals surface area contributed by atoms with Crippen molar-refractivity contribution in [3.05, 3.63) is 93.7 Å². The molecule has 3 aliphatic rings. The van der Waals surface area contributed by atoms with Crippen LogP contribution in [0.2, 0.25) is 0 Å². The van der Waals surface area contributed by atoms with Gasteiger partial charge in [-0.15, -0.1) is 0 Å². The molecular formula is C31H31N3O2. The Kier molecular flexibility index (Phi) is 5.71. The number of allylic oxidation sites excluding steroid dienone is 3. The van der Waals surface area contributed by atoms with Crippen LogP contribution in [0.4, 0.5) is 11.4 Å². The van der Waals surface area contributed by atoms with E-state index in [1.54, 1.807) is 13.0 Å². The van der Waals surface area contributed by atoms with E-state index in [0.717, 1.165) is 30.6 Å². The van der Waals surface area contributed by atoms with E-state index in [0.29, 0.717) is 16.8 Å². The van der Waals surface area contributed by atoms with Gasteiger partial charge in [0.05, 0.1) is 5.69 Å². The van der Waals surface area contributed by atoms with E-state index in [-0.39, 0.29) is 16.9 Å². The molecule has 5 heteroatoms. The molecule has 0 spiro atoms. The van der Waals surface area contributed by atoms with Gasteiger partial charge in [-0.1, -0.05) is 64.1 Å². The lowest BCUT2D eigenvalue weighted by Crippen LogP contribution is -2.43. The Morgan fingerprint density at radius 1 is 1.03 bits per heavy atom. The molecule has 0 fully saturated rings. The predicted octanol–water partition coefficient (Wildman–Crippen LogP) is 6.08. The zero-order chi connectivity index (χ0) is 25.8. The molecule has 3 aliphatic heterocycles. The summed E-state index contributed by atoms with van der Waals surface area (Å²) in [7, 11) is 0. The highest BCUT2D eigenvalue weighted by atomic mass is 16.2. The maximum Gasteiger partial charge on any atom is 0.276 e. The normalized spacial score (nSPS) is 21.0. The van der Waals surface area contributed by atoms with Gasteiger partial charge in [0.25, 0.3) is 11.8 Å². The number of nitriles is 1. The van der Waals surface area contributed by atoms with Crippen molar-refractivity contribution in [2.75, 3.05) is 16.3 Å². The molecule has 2 aromatic rings. The second-order valence-electron chi connectivity index (χ2n) is 10.6. The first-order valence-electron chi connectivity index (χ1n) is 12.6. The first kappa shape index (κ1) is 23.8. The molecule has 0 saturated carbocycles. The Bertz CT molecular complexity index is 1430. The number of benzene rings is 2. The molecule has 0 bridgehead atoms. The van der Waals surface area contributed by atoms with Crippen LogP contribution in [-0.2, 0) is 21.4 Å². The molecule has 0 aliphatic carbocycles. The molecule has 0 radical (unpaired) electrons. The summed E-state index contributed by atoms with van der Waals surface area (Å²) in [6.07, 6.45) is 5.97. The van der Waals surface area contributed by atoms with E-state index in [4.69, 9.17) is 0 Å². The van der Waals surface area contributed by atoms with Gasteiger partial charge in [0.15, 0.2) is 0 Å². The third-order valence-corrected chi connectivity index (χ3v) is 7.77. The van der Waals surface area contributed by atoms with E-state index in [2.05, 4.69) is 43.0 Å². The van der Waals surface area contributed by atoms with Crippen molar-refractivity contribution in [2.45, 2.75) is 58.8 Å². The summed E-state index contributed by atoms with van der Waals surface area (Å²) in [5.74, 6) is -0.846. The van der Waals surface area contributed by atoms with Crippen molar-refractivity contribution < 1.29 is 9.59 Å². The van der Waals surface area contributed by atoms with Crippen LogP contribution in [0.5, 0.6) is 0 Å². The van der Waals surface area contributed by atoms with Crippen LogP contribution in [0, 0.1) is 11.3 Å². The monoisotopic (exact) mass is 477 g/mol. The van der Waals surface area contributed by atoms with Gasteiger partial charge < -0.3 is 4.90 Å². The predicted molar refractivity (Wildman–Crippen MR) is 143 cm³/mol. The topological polar surface area (TPSA) is 64.4 Å². The minimum absolute atomic E-state index is 0.00651. The molecule has 36 heavy (non-hydrogen) atoms. The van der Waals surface area contributed by atoms with Crippen molar-refractivity contribution in [3.63, 3.8) is 0 Å². The fraction of sp³-hybridized carbons (Fsp3) is 0.323. The fourth-order valence-electron chi connectivity index (χ4n) is 5.84. The first-order valence-corrected chi connectivity index (χ1v) is 12.6. The summed E-state index contributed by atoms with van der Waals surface area (Å²) in [5, 5.41) is 9.86. The quantitative estimate of drug-likeness (QED) is 0.397. The van der Waals surface area contributed by atoms with Gasteiger partial charge in [0, 0.05) is 28.9 Å². The average Bonchev–Trinajstić information content (AvgIpc) is 3.07. The van der Waals surface area contributed by atoms with Crippen LogP contribution in [-0.4, -0.2) is 18.4 Å². The number of para-hydroxylation sites is 2. The summed E-state index contributed by atoms with van der Waals surface area (Å²) in [6, 6.07) is 16.0. The number of hydrogen-bond acceptors (Lipinski definition) is 4. The van der Waals surface area contributed by atoms with E-state index < -0.39 is 11.8 Å². The lowest BCUT2D eigenvalue weighted by atomic mass is 9.83. The number of hydrogen-bond donors (Lipinski definition) is 0. The van der Waals surface area contributed by atoms with E-state index in [9.17, 15) is 14.9 Å². The Labute approximate surface area is 213 Å². The largest absolute Gasteiger partial charge is 0.344 e. The second-order valence-corrected chi connectivity index (χ2v) is 10.6. The van der Waals surface area contributed by atoms with Crippen LogP contribution in [0.25, 0.3) is 0 Å². The highest BCUT2D eigenvalue weighted by Crippen LogP contribution is 2.51. The van der Waals surface area contributed by atoms with Crippen molar-refractivity contribution in [2.24, 2.45) is 0 Å². The lowest BCUT2D eigenvalue weighted by Gasteiger charge is -2.31. The second kappa shape index (κ2) is 8.64. The third kappa shape index (κ3) is 3.44. The number of carbonyl (C=O) groups excluding carboxylic acids is 2. The molecular weight excluding hydrogens is 446 g/mol. The number of rotatable bonds is 3. The molecule has 0 N–H and O–H groups in total. The molecule has 0 atom stereocenters. The van der Waals surface area contributed by atoms with Gasteiger partial charge >= 0.3 is 0 Å². The molecule has 0 unspecified atom stereocenters. The van der Waals surface area contributed by atoms with Crippen LogP contribution in [0.15, 0.2) is 77.0 Å². The Morgan fingerprint density at radius 2 is 1.78 bits per heavy atom. The summed E-state index contributed by atoms with van der Waals surface area (Å²) in [4.78, 5) is 30.7. The SMILES string of the molecule is CC1=C(C#N)C(=O)N(c2ccccc2C(C)C)C(=O)/C1=C\C=C1\N2CCCc3cccc(c32)C1(C)C. The van der Waals surface area contributed by atoms with Crippen LogP contribution in [0.3, 0.4) is 0 Å². The molecule has 0 aromatic heterocycles. The van der Waals surface area contributed by atoms with Crippen molar-refractivity contribution in [3.8, 4) is 6.07 Å². The maximum absolute atomic E-state index is 13.8. The van der Waals surface area contributed by atoms with Gasteiger partial charge in [0.1, 0.15) is 11.6 Å².